The molecule has 0 radical (unpaired) electrons. The molecule has 120 valence electrons. The molecule has 3 rings (SSSR count). The Hall–Kier alpha value is -0.650. The van der Waals surface area contributed by atoms with Crippen molar-refractivity contribution in [2.75, 3.05) is 46.4 Å². The molecule has 0 aromatic rings. The third kappa shape index (κ3) is 3.41. The second-order valence-corrected chi connectivity index (χ2v) is 6.98. The second kappa shape index (κ2) is 6.23. The number of carbonyl (C=O) groups excluding carboxylic acids is 1. The van der Waals surface area contributed by atoms with Gasteiger partial charge >= 0.3 is 0 Å². The molecule has 5 heteroatoms. The fourth-order valence-electron chi connectivity index (χ4n) is 3.89. The van der Waals surface area contributed by atoms with E-state index in [9.17, 15) is 9.90 Å². The van der Waals surface area contributed by atoms with E-state index >= 15 is 0 Å². The normalized spacial score (nSPS) is 29.8. The lowest BCUT2D eigenvalue weighted by atomic mass is 9.89. The molecule has 0 bridgehead atoms. The van der Waals surface area contributed by atoms with Crippen LogP contribution in [0, 0.1) is 11.8 Å². The van der Waals surface area contributed by atoms with Crippen LogP contribution in [-0.4, -0.2) is 72.9 Å². The van der Waals surface area contributed by atoms with Crippen molar-refractivity contribution >= 4 is 5.91 Å². The lowest BCUT2D eigenvalue weighted by Crippen LogP contribution is -2.44. The Kier molecular flexibility index (Phi) is 4.52. The van der Waals surface area contributed by atoms with E-state index in [4.69, 9.17) is 4.74 Å². The van der Waals surface area contributed by atoms with Gasteiger partial charge in [0, 0.05) is 33.3 Å². The van der Waals surface area contributed by atoms with Crippen molar-refractivity contribution in [3.05, 3.63) is 0 Å². The summed E-state index contributed by atoms with van der Waals surface area (Å²) in [5.74, 6) is 0.918. The molecule has 0 spiro atoms. The first kappa shape index (κ1) is 15.3. The maximum atomic E-state index is 12.6. The number of piperidine rings is 1. The van der Waals surface area contributed by atoms with Gasteiger partial charge < -0.3 is 19.6 Å². The molecule has 1 atom stereocenters. The molecule has 1 saturated carbocycles. The van der Waals surface area contributed by atoms with Crippen LogP contribution in [0.25, 0.3) is 0 Å². The van der Waals surface area contributed by atoms with Crippen molar-refractivity contribution in [3.8, 4) is 0 Å². The summed E-state index contributed by atoms with van der Waals surface area (Å²) in [5, 5.41) is 10.2. The van der Waals surface area contributed by atoms with Gasteiger partial charge in [-0.05, 0) is 44.6 Å². The van der Waals surface area contributed by atoms with Crippen molar-refractivity contribution in [1.82, 2.24) is 9.80 Å². The summed E-state index contributed by atoms with van der Waals surface area (Å²) in [4.78, 5) is 17.0. The van der Waals surface area contributed by atoms with Gasteiger partial charge in [-0.3, -0.25) is 4.79 Å². The lowest BCUT2D eigenvalue weighted by molar-refractivity contribution is -0.137. The van der Waals surface area contributed by atoms with Crippen LogP contribution >= 0.6 is 0 Å². The van der Waals surface area contributed by atoms with Crippen LogP contribution < -0.4 is 0 Å². The number of rotatable bonds is 5. The molecule has 3 aliphatic rings. The maximum Gasteiger partial charge on any atom is 0.227 e. The minimum Gasteiger partial charge on any atom is -0.390 e. The number of carbonyl (C=O) groups is 1. The van der Waals surface area contributed by atoms with E-state index in [1.807, 2.05) is 4.90 Å². The molecule has 1 amide bonds. The Morgan fingerprint density at radius 1 is 1.24 bits per heavy atom. The fourth-order valence-corrected chi connectivity index (χ4v) is 3.89. The van der Waals surface area contributed by atoms with Gasteiger partial charge in [0.15, 0.2) is 0 Å². The second-order valence-electron chi connectivity index (χ2n) is 6.98. The molecular weight excluding hydrogens is 268 g/mol. The van der Waals surface area contributed by atoms with E-state index < -0.39 is 0 Å². The molecule has 21 heavy (non-hydrogen) atoms. The zero-order valence-corrected chi connectivity index (χ0v) is 13.1. The largest absolute Gasteiger partial charge is 0.390 e. The van der Waals surface area contributed by atoms with Gasteiger partial charge in [0.05, 0.1) is 18.1 Å². The van der Waals surface area contributed by atoms with Crippen LogP contribution in [0.3, 0.4) is 0 Å². The van der Waals surface area contributed by atoms with Gasteiger partial charge in [0.25, 0.3) is 0 Å². The molecule has 2 aliphatic heterocycles. The van der Waals surface area contributed by atoms with Crippen molar-refractivity contribution < 1.29 is 14.6 Å². The number of ether oxygens (including phenoxy) is 1. The quantitative estimate of drug-likeness (QED) is 0.812. The molecule has 2 heterocycles. The number of hydrogen-bond donors (Lipinski definition) is 1. The smallest absolute Gasteiger partial charge is 0.227 e. The molecule has 5 nitrogen and oxygen atoms in total. The number of nitrogens with zero attached hydrogens (tertiary/aromatic N) is 2. The van der Waals surface area contributed by atoms with Gasteiger partial charge in [0.2, 0.25) is 5.91 Å². The first-order valence-corrected chi connectivity index (χ1v) is 8.35. The van der Waals surface area contributed by atoms with E-state index in [2.05, 4.69) is 4.90 Å². The number of amides is 1. The Balaban J connectivity index is 1.44. The van der Waals surface area contributed by atoms with Crippen molar-refractivity contribution in [1.29, 1.82) is 0 Å². The van der Waals surface area contributed by atoms with E-state index in [1.54, 1.807) is 7.11 Å². The highest BCUT2D eigenvalue weighted by Crippen LogP contribution is 2.46. The minimum absolute atomic E-state index is 0.169. The maximum absolute atomic E-state index is 12.6. The van der Waals surface area contributed by atoms with Crippen LogP contribution in [-0.2, 0) is 9.53 Å². The van der Waals surface area contributed by atoms with Gasteiger partial charge in [-0.2, -0.15) is 0 Å². The third-order valence-electron chi connectivity index (χ3n) is 5.56. The monoisotopic (exact) mass is 296 g/mol. The van der Waals surface area contributed by atoms with Crippen LogP contribution in [0.4, 0.5) is 0 Å². The van der Waals surface area contributed by atoms with Gasteiger partial charge in [-0.1, -0.05) is 0 Å². The molecule has 0 aromatic carbocycles. The van der Waals surface area contributed by atoms with Crippen LogP contribution in [0.1, 0.15) is 32.1 Å². The highest BCUT2D eigenvalue weighted by Gasteiger charge is 2.48. The average Bonchev–Trinajstić information content (AvgIpc) is 3.09. The summed E-state index contributed by atoms with van der Waals surface area (Å²) in [5.41, 5.74) is -0.376. The topological polar surface area (TPSA) is 53.0 Å². The molecule has 1 aliphatic carbocycles. The standard InChI is InChI=1S/C16H28N2O3/c1-21-11-10-17-7-2-13(12-17)15(19)18-8-3-14(4-9-18)16(20)5-6-16/h13-14,20H,2-12H2,1H3. The predicted octanol–water partition coefficient (Wildman–Crippen LogP) is 0.718. The summed E-state index contributed by atoms with van der Waals surface area (Å²) < 4.78 is 5.10. The summed E-state index contributed by atoms with van der Waals surface area (Å²) in [6.07, 6.45) is 4.85. The Bertz CT molecular complexity index is 376. The van der Waals surface area contributed by atoms with E-state index in [-0.39, 0.29) is 11.5 Å². The van der Waals surface area contributed by atoms with Crippen LogP contribution in [0.5, 0.6) is 0 Å². The van der Waals surface area contributed by atoms with E-state index in [0.29, 0.717) is 11.8 Å². The highest BCUT2D eigenvalue weighted by atomic mass is 16.5. The Morgan fingerprint density at radius 3 is 2.57 bits per heavy atom. The van der Waals surface area contributed by atoms with Crippen molar-refractivity contribution in [2.24, 2.45) is 11.8 Å². The number of aliphatic hydroxyl groups is 1. The van der Waals surface area contributed by atoms with Gasteiger partial charge in [-0.15, -0.1) is 0 Å². The molecule has 1 N–H and O–H groups in total. The summed E-state index contributed by atoms with van der Waals surface area (Å²) in [6, 6.07) is 0. The molecule has 3 fully saturated rings. The number of hydrogen-bond acceptors (Lipinski definition) is 4. The zero-order valence-electron chi connectivity index (χ0n) is 13.1. The third-order valence-corrected chi connectivity index (χ3v) is 5.56. The fraction of sp³-hybridized carbons (Fsp3) is 0.938. The average molecular weight is 296 g/mol. The minimum atomic E-state index is -0.376. The summed E-state index contributed by atoms with van der Waals surface area (Å²) in [6.45, 7) is 5.23. The summed E-state index contributed by atoms with van der Waals surface area (Å²) >= 11 is 0. The Labute approximate surface area is 127 Å². The summed E-state index contributed by atoms with van der Waals surface area (Å²) in [7, 11) is 1.72. The van der Waals surface area contributed by atoms with Gasteiger partial charge in [0.1, 0.15) is 0 Å². The lowest BCUT2D eigenvalue weighted by Gasteiger charge is -2.35. The van der Waals surface area contributed by atoms with Gasteiger partial charge in [-0.25, -0.2) is 0 Å². The van der Waals surface area contributed by atoms with Crippen molar-refractivity contribution in [3.63, 3.8) is 0 Å². The molecule has 2 saturated heterocycles. The van der Waals surface area contributed by atoms with Crippen LogP contribution in [0.2, 0.25) is 0 Å². The number of methoxy groups -OCH3 is 1. The number of likely N-dealkylation sites (tertiary alicyclic amines) is 2. The SMILES string of the molecule is COCCN1CCC(C(=O)N2CCC(C3(O)CC3)CC2)C1. The van der Waals surface area contributed by atoms with Crippen LogP contribution in [0.15, 0.2) is 0 Å². The first-order valence-electron chi connectivity index (χ1n) is 8.35. The Morgan fingerprint density at radius 2 is 1.95 bits per heavy atom. The molecular formula is C16H28N2O3. The van der Waals surface area contributed by atoms with E-state index in [1.165, 1.54) is 0 Å². The highest BCUT2D eigenvalue weighted by molar-refractivity contribution is 5.79. The predicted molar refractivity (Wildman–Crippen MR) is 79.9 cm³/mol. The first-order chi connectivity index (χ1) is 10.1. The zero-order chi connectivity index (χ0) is 14.9. The van der Waals surface area contributed by atoms with E-state index in [0.717, 1.165) is 71.4 Å². The molecule has 0 aromatic heterocycles. The van der Waals surface area contributed by atoms with Crippen molar-refractivity contribution in [2.45, 2.75) is 37.7 Å². The molecule has 1 unspecified atom stereocenters.